The molecule has 0 aromatic heterocycles. The Bertz CT molecular complexity index is 553. The predicted molar refractivity (Wildman–Crippen MR) is 69.2 cm³/mol. The van der Waals surface area contributed by atoms with Gasteiger partial charge in [0.15, 0.2) is 9.84 Å². The van der Waals surface area contributed by atoms with Crippen LogP contribution in [0.2, 0.25) is 0 Å². The van der Waals surface area contributed by atoms with Crippen LogP contribution in [0.4, 0.5) is 0 Å². The molecule has 1 aromatic carbocycles. The van der Waals surface area contributed by atoms with Crippen molar-refractivity contribution in [1.82, 2.24) is 5.32 Å². The van der Waals surface area contributed by atoms with Crippen molar-refractivity contribution in [3.05, 3.63) is 35.9 Å². The molecule has 0 spiro atoms. The van der Waals surface area contributed by atoms with E-state index in [0.29, 0.717) is 5.56 Å². The number of carbonyl (C=O) groups is 2. The maximum Gasteiger partial charge on any atom is 0.327 e. The lowest BCUT2D eigenvalue weighted by atomic mass is 10.2. The number of carbonyl (C=O) groups excluding carboxylic acids is 1. The minimum atomic E-state index is -3.62. The molecule has 1 aromatic rings. The average Bonchev–Trinajstić information content (AvgIpc) is 2.27. The van der Waals surface area contributed by atoms with Crippen LogP contribution >= 0.6 is 0 Å². The second-order valence-corrected chi connectivity index (χ2v) is 6.24. The Morgan fingerprint density at radius 1 is 1.26 bits per heavy atom. The van der Waals surface area contributed by atoms with Crippen LogP contribution in [-0.2, 0) is 25.2 Å². The summed E-state index contributed by atoms with van der Waals surface area (Å²) in [6.45, 7) is 1.14. The third-order valence-electron chi connectivity index (χ3n) is 2.33. The number of aliphatic carboxylic acids is 1. The van der Waals surface area contributed by atoms with Crippen molar-refractivity contribution in [1.29, 1.82) is 0 Å². The Hall–Kier alpha value is -1.89. The number of benzene rings is 1. The number of hydrogen-bond donors (Lipinski definition) is 2. The number of nitrogens with one attached hydrogen (secondary N) is 1. The van der Waals surface area contributed by atoms with E-state index in [-0.39, 0.29) is 5.75 Å². The van der Waals surface area contributed by atoms with Crippen LogP contribution in [0.3, 0.4) is 0 Å². The van der Waals surface area contributed by atoms with E-state index in [1.807, 2.05) is 0 Å². The molecular formula is C12H15NO5S. The summed E-state index contributed by atoms with van der Waals surface area (Å²) in [7, 11) is -3.62. The van der Waals surface area contributed by atoms with Crippen LogP contribution in [0.5, 0.6) is 0 Å². The second kappa shape index (κ2) is 6.33. The van der Waals surface area contributed by atoms with Crippen molar-refractivity contribution in [2.24, 2.45) is 0 Å². The monoisotopic (exact) mass is 285 g/mol. The van der Waals surface area contributed by atoms with E-state index in [9.17, 15) is 18.0 Å². The summed E-state index contributed by atoms with van der Waals surface area (Å²) >= 11 is 0. The lowest BCUT2D eigenvalue weighted by Crippen LogP contribution is -2.44. The van der Waals surface area contributed by atoms with Crippen molar-refractivity contribution in [3.63, 3.8) is 0 Å². The van der Waals surface area contributed by atoms with Crippen molar-refractivity contribution in [2.45, 2.75) is 18.7 Å². The van der Waals surface area contributed by atoms with Gasteiger partial charge in [-0.2, -0.15) is 0 Å². The summed E-state index contributed by atoms with van der Waals surface area (Å²) in [4.78, 5) is 21.7. The van der Waals surface area contributed by atoms with E-state index in [1.54, 1.807) is 30.3 Å². The summed E-state index contributed by atoms with van der Waals surface area (Å²) in [6, 6.07) is 7.03. The Balaban J connectivity index is 2.77. The molecular weight excluding hydrogens is 270 g/mol. The van der Waals surface area contributed by atoms with Crippen LogP contribution in [0, 0.1) is 0 Å². The van der Waals surface area contributed by atoms with Gasteiger partial charge >= 0.3 is 5.97 Å². The highest BCUT2D eigenvalue weighted by molar-refractivity contribution is 7.90. The number of sulfone groups is 1. The van der Waals surface area contributed by atoms with Gasteiger partial charge in [0.1, 0.15) is 6.04 Å². The van der Waals surface area contributed by atoms with Crippen LogP contribution in [-0.4, -0.2) is 37.2 Å². The molecule has 104 valence electrons. The Labute approximate surface area is 111 Å². The largest absolute Gasteiger partial charge is 0.480 e. The van der Waals surface area contributed by atoms with Gasteiger partial charge in [0.05, 0.1) is 11.5 Å². The number of hydrogen-bond acceptors (Lipinski definition) is 4. The molecule has 1 atom stereocenters. The zero-order valence-corrected chi connectivity index (χ0v) is 11.2. The van der Waals surface area contributed by atoms with Gasteiger partial charge in [-0.1, -0.05) is 30.3 Å². The van der Waals surface area contributed by atoms with Crippen LogP contribution in [0.15, 0.2) is 30.3 Å². The van der Waals surface area contributed by atoms with Crippen molar-refractivity contribution in [2.75, 3.05) is 5.75 Å². The predicted octanol–water partition coefficient (Wildman–Crippen LogP) is 0.191. The smallest absolute Gasteiger partial charge is 0.327 e. The Morgan fingerprint density at radius 2 is 1.84 bits per heavy atom. The first-order valence-electron chi connectivity index (χ1n) is 5.54. The minimum absolute atomic E-state index is 0.253. The van der Waals surface area contributed by atoms with Gasteiger partial charge in [0, 0.05) is 6.92 Å². The second-order valence-electron chi connectivity index (χ2n) is 4.13. The zero-order chi connectivity index (χ0) is 14.5. The molecule has 0 aliphatic rings. The van der Waals surface area contributed by atoms with Crippen LogP contribution in [0.1, 0.15) is 12.5 Å². The van der Waals surface area contributed by atoms with Gasteiger partial charge in [-0.25, -0.2) is 13.2 Å². The summed E-state index contributed by atoms with van der Waals surface area (Å²) in [5, 5.41) is 11.0. The molecule has 0 saturated carbocycles. The van der Waals surface area contributed by atoms with E-state index in [0.717, 1.165) is 6.92 Å². The topological polar surface area (TPSA) is 101 Å². The van der Waals surface area contributed by atoms with Gasteiger partial charge < -0.3 is 10.4 Å². The summed E-state index contributed by atoms with van der Waals surface area (Å²) < 4.78 is 23.8. The highest BCUT2D eigenvalue weighted by atomic mass is 32.2. The Kier molecular flexibility index (Phi) is 5.05. The molecule has 0 aliphatic heterocycles. The molecule has 1 amide bonds. The molecule has 2 N–H and O–H groups in total. The molecule has 0 unspecified atom stereocenters. The molecule has 19 heavy (non-hydrogen) atoms. The van der Waals surface area contributed by atoms with E-state index in [2.05, 4.69) is 5.32 Å². The zero-order valence-electron chi connectivity index (χ0n) is 10.4. The highest BCUT2D eigenvalue weighted by Gasteiger charge is 2.26. The number of carboxylic acids is 1. The fourth-order valence-electron chi connectivity index (χ4n) is 1.56. The average molecular weight is 285 g/mol. The maximum atomic E-state index is 11.9. The van der Waals surface area contributed by atoms with Crippen LogP contribution < -0.4 is 5.32 Å². The van der Waals surface area contributed by atoms with Gasteiger partial charge in [-0.05, 0) is 5.56 Å². The lowest BCUT2D eigenvalue weighted by Gasteiger charge is -2.13. The van der Waals surface area contributed by atoms with E-state index < -0.39 is 33.5 Å². The fourth-order valence-corrected chi connectivity index (χ4v) is 3.11. The fraction of sp³-hybridized carbons (Fsp3) is 0.333. The van der Waals surface area contributed by atoms with Gasteiger partial charge in [-0.3, -0.25) is 4.79 Å². The first kappa shape index (κ1) is 15.2. The molecule has 0 radical (unpaired) electrons. The molecule has 0 saturated heterocycles. The third kappa shape index (κ3) is 5.52. The maximum absolute atomic E-state index is 11.9. The molecule has 0 fully saturated rings. The first-order valence-corrected chi connectivity index (χ1v) is 7.36. The molecule has 1 rings (SSSR count). The van der Waals surface area contributed by atoms with Crippen LogP contribution in [0.25, 0.3) is 0 Å². The lowest BCUT2D eigenvalue weighted by molar-refractivity contribution is -0.140. The molecule has 7 heteroatoms. The van der Waals surface area contributed by atoms with E-state index >= 15 is 0 Å². The normalized spacial score (nSPS) is 12.7. The summed E-state index contributed by atoms with van der Waals surface area (Å²) in [5.74, 6) is -2.83. The number of amides is 1. The highest BCUT2D eigenvalue weighted by Crippen LogP contribution is 2.07. The SMILES string of the molecule is CC(=O)N[C@@H](CS(=O)(=O)Cc1ccccc1)C(=O)O. The summed E-state index contributed by atoms with van der Waals surface area (Å²) in [5.41, 5.74) is 0.578. The molecule has 0 bridgehead atoms. The summed E-state index contributed by atoms with van der Waals surface area (Å²) in [6.07, 6.45) is 0. The van der Waals surface area contributed by atoms with E-state index in [1.165, 1.54) is 0 Å². The van der Waals surface area contributed by atoms with Crippen molar-refractivity contribution >= 4 is 21.7 Å². The van der Waals surface area contributed by atoms with Crippen molar-refractivity contribution < 1.29 is 23.1 Å². The minimum Gasteiger partial charge on any atom is -0.480 e. The van der Waals surface area contributed by atoms with E-state index in [4.69, 9.17) is 5.11 Å². The Morgan fingerprint density at radius 3 is 2.32 bits per heavy atom. The molecule has 0 aliphatic carbocycles. The van der Waals surface area contributed by atoms with Crippen molar-refractivity contribution in [3.8, 4) is 0 Å². The van der Waals surface area contributed by atoms with Gasteiger partial charge in [0.25, 0.3) is 0 Å². The quantitative estimate of drug-likeness (QED) is 0.777. The third-order valence-corrected chi connectivity index (χ3v) is 3.94. The molecule has 0 heterocycles. The molecule has 6 nitrogen and oxygen atoms in total. The van der Waals surface area contributed by atoms with Gasteiger partial charge in [-0.15, -0.1) is 0 Å². The first-order chi connectivity index (χ1) is 8.80. The van der Waals surface area contributed by atoms with Gasteiger partial charge in [0.2, 0.25) is 5.91 Å². The standard InChI is InChI=1S/C12H15NO5S/c1-9(14)13-11(12(15)16)8-19(17,18)7-10-5-3-2-4-6-10/h2-6,11H,7-8H2,1H3,(H,13,14)(H,15,16)/t11-/m0/s1. The number of rotatable bonds is 6. The number of carboxylic acid groups (broad SMARTS) is 1.